The molecule has 1 aliphatic rings. The number of hydrogen-bond acceptors (Lipinski definition) is 5. The molecule has 2 rings (SSSR count). The highest BCUT2D eigenvalue weighted by atomic mass is 16.6. The van der Waals surface area contributed by atoms with Crippen LogP contribution in [0.1, 0.15) is 31.2 Å². The Kier molecular flexibility index (Phi) is 5.52. The van der Waals surface area contributed by atoms with Gasteiger partial charge in [-0.25, -0.2) is 0 Å². The maximum Gasteiger partial charge on any atom is 0.311 e. The first-order valence-corrected chi connectivity index (χ1v) is 7.32. The first-order chi connectivity index (χ1) is 10.2. The number of hydrogen-bond donors (Lipinski definition) is 1. The molecule has 0 radical (unpaired) electrons. The van der Waals surface area contributed by atoms with Crippen LogP contribution in [0.3, 0.4) is 0 Å². The van der Waals surface area contributed by atoms with E-state index in [1.54, 1.807) is 12.1 Å². The van der Waals surface area contributed by atoms with Gasteiger partial charge >= 0.3 is 5.69 Å². The Morgan fingerprint density at radius 1 is 1.48 bits per heavy atom. The smallest absolute Gasteiger partial charge is 0.311 e. The molecule has 1 N–H and O–H groups in total. The van der Waals surface area contributed by atoms with E-state index < -0.39 is 4.92 Å². The van der Waals surface area contributed by atoms with E-state index in [-0.39, 0.29) is 18.0 Å². The van der Waals surface area contributed by atoms with E-state index in [0.717, 1.165) is 18.5 Å². The minimum atomic E-state index is -0.413. The van der Waals surface area contributed by atoms with E-state index in [9.17, 15) is 10.1 Å². The lowest BCUT2D eigenvalue weighted by Gasteiger charge is -2.37. The summed E-state index contributed by atoms with van der Waals surface area (Å²) in [6.45, 7) is 1.67. The lowest BCUT2D eigenvalue weighted by molar-refractivity contribution is -0.385. The summed E-state index contributed by atoms with van der Waals surface area (Å²) in [4.78, 5) is 13.0. The molecule has 0 aromatic heterocycles. The molecule has 0 amide bonds. The molecule has 1 aromatic carbocycles. The van der Waals surface area contributed by atoms with Crippen LogP contribution in [-0.2, 0) is 6.54 Å². The van der Waals surface area contributed by atoms with Gasteiger partial charge in [0.25, 0.3) is 0 Å². The van der Waals surface area contributed by atoms with E-state index in [0.29, 0.717) is 12.6 Å². The lowest BCUT2D eigenvalue weighted by atomic mass is 9.91. The van der Waals surface area contributed by atoms with E-state index in [4.69, 9.17) is 9.84 Å². The molecule has 1 aromatic rings. The van der Waals surface area contributed by atoms with E-state index in [2.05, 4.69) is 4.90 Å². The number of nitrogens with zero attached hydrogens (tertiary/aromatic N) is 2. The monoisotopic (exact) mass is 294 g/mol. The van der Waals surface area contributed by atoms with Crippen LogP contribution in [0, 0.1) is 10.1 Å². The van der Waals surface area contributed by atoms with Crippen molar-refractivity contribution in [3.05, 3.63) is 33.9 Å². The number of methoxy groups -OCH3 is 1. The molecule has 116 valence electrons. The number of nitro groups is 1. The molecule has 0 bridgehead atoms. The van der Waals surface area contributed by atoms with Crippen LogP contribution < -0.4 is 4.74 Å². The fourth-order valence-corrected chi connectivity index (χ4v) is 2.63. The summed E-state index contributed by atoms with van der Waals surface area (Å²) in [5.74, 6) is 0.286. The van der Waals surface area contributed by atoms with Gasteiger partial charge in [-0.1, -0.05) is 12.5 Å². The van der Waals surface area contributed by atoms with Gasteiger partial charge in [-0.2, -0.15) is 0 Å². The largest absolute Gasteiger partial charge is 0.490 e. The van der Waals surface area contributed by atoms with Crippen molar-refractivity contribution in [3.8, 4) is 5.75 Å². The van der Waals surface area contributed by atoms with E-state index in [1.807, 2.05) is 6.07 Å². The second-order valence-electron chi connectivity index (χ2n) is 5.40. The second-order valence-corrected chi connectivity index (χ2v) is 5.40. The van der Waals surface area contributed by atoms with Crippen molar-refractivity contribution < 1.29 is 14.8 Å². The first kappa shape index (κ1) is 15.7. The Hall–Kier alpha value is -1.66. The van der Waals surface area contributed by atoms with Crippen LogP contribution in [0.5, 0.6) is 5.75 Å². The predicted molar refractivity (Wildman–Crippen MR) is 79.4 cm³/mol. The average molecular weight is 294 g/mol. The van der Waals surface area contributed by atoms with Crippen molar-refractivity contribution in [2.45, 2.75) is 38.3 Å². The molecule has 0 spiro atoms. The van der Waals surface area contributed by atoms with Gasteiger partial charge in [0.05, 0.1) is 12.0 Å². The van der Waals surface area contributed by atoms with Gasteiger partial charge in [0.15, 0.2) is 5.75 Å². The Morgan fingerprint density at radius 2 is 2.24 bits per heavy atom. The summed E-state index contributed by atoms with van der Waals surface area (Å²) in [6.07, 6.45) is 4.31. The zero-order chi connectivity index (χ0) is 15.2. The molecule has 0 saturated heterocycles. The molecule has 0 unspecified atom stereocenters. The van der Waals surface area contributed by atoms with Gasteiger partial charge in [-0.3, -0.25) is 15.0 Å². The third kappa shape index (κ3) is 3.92. The third-order valence-electron chi connectivity index (χ3n) is 4.02. The van der Waals surface area contributed by atoms with E-state index in [1.165, 1.54) is 26.4 Å². The molecule has 0 atom stereocenters. The van der Waals surface area contributed by atoms with Gasteiger partial charge in [-0.05, 0) is 30.9 Å². The molecule has 0 aliphatic heterocycles. The van der Waals surface area contributed by atoms with Crippen LogP contribution in [0.4, 0.5) is 5.69 Å². The molecule has 1 saturated carbocycles. The summed E-state index contributed by atoms with van der Waals surface area (Å²) in [5.41, 5.74) is 0.915. The Morgan fingerprint density at radius 3 is 2.76 bits per heavy atom. The minimum absolute atomic E-state index is 0.00529. The molecular formula is C15H22N2O4. The number of aliphatic hydroxyl groups excluding tert-OH is 1. The number of aliphatic hydroxyl groups is 1. The highest BCUT2D eigenvalue weighted by Gasteiger charge is 2.25. The second kappa shape index (κ2) is 7.38. The zero-order valence-electron chi connectivity index (χ0n) is 12.3. The third-order valence-corrected chi connectivity index (χ3v) is 4.02. The quantitative estimate of drug-likeness (QED) is 0.588. The van der Waals surface area contributed by atoms with Gasteiger partial charge in [0, 0.05) is 31.8 Å². The van der Waals surface area contributed by atoms with Gasteiger partial charge in [0.1, 0.15) is 0 Å². The van der Waals surface area contributed by atoms with Crippen molar-refractivity contribution in [1.82, 2.24) is 4.90 Å². The standard InChI is InChI=1S/C15H22N2O4/c1-21-15-7-6-12(10-14(15)17(19)20)11-16(8-3-9-18)13-4-2-5-13/h6-7,10,13,18H,2-5,8-9,11H2,1H3. The average Bonchev–Trinajstić information content (AvgIpc) is 2.42. The van der Waals surface area contributed by atoms with Crippen LogP contribution in [-0.4, -0.2) is 41.2 Å². The normalized spacial score (nSPS) is 15.0. The minimum Gasteiger partial charge on any atom is -0.490 e. The van der Waals surface area contributed by atoms with Crippen molar-refractivity contribution in [1.29, 1.82) is 0 Å². The maximum absolute atomic E-state index is 11.1. The Labute approximate surface area is 124 Å². The summed E-state index contributed by atoms with van der Waals surface area (Å²) >= 11 is 0. The topological polar surface area (TPSA) is 75.8 Å². The first-order valence-electron chi connectivity index (χ1n) is 7.32. The predicted octanol–water partition coefficient (Wildman–Crippen LogP) is 2.34. The van der Waals surface area contributed by atoms with Crippen LogP contribution in [0.25, 0.3) is 0 Å². The lowest BCUT2D eigenvalue weighted by Crippen LogP contribution is -2.40. The Bertz CT molecular complexity index is 489. The maximum atomic E-state index is 11.1. The van der Waals surface area contributed by atoms with Crippen LogP contribution in [0.2, 0.25) is 0 Å². The molecule has 1 fully saturated rings. The highest BCUT2D eigenvalue weighted by molar-refractivity contribution is 5.48. The highest BCUT2D eigenvalue weighted by Crippen LogP contribution is 2.30. The number of ether oxygens (including phenoxy) is 1. The Balaban J connectivity index is 2.12. The number of rotatable bonds is 8. The van der Waals surface area contributed by atoms with E-state index >= 15 is 0 Å². The summed E-state index contributed by atoms with van der Waals surface area (Å²) in [5, 5.41) is 20.1. The molecule has 6 heteroatoms. The van der Waals surface area contributed by atoms with Crippen molar-refractivity contribution in [2.24, 2.45) is 0 Å². The number of benzene rings is 1. The van der Waals surface area contributed by atoms with Crippen molar-refractivity contribution in [2.75, 3.05) is 20.3 Å². The van der Waals surface area contributed by atoms with Gasteiger partial charge in [-0.15, -0.1) is 0 Å². The number of nitro benzene ring substituents is 1. The van der Waals surface area contributed by atoms with Crippen molar-refractivity contribution in [3.63, 3.8) is 0 Å². The zero-order valence-corrected chi connectivity index (χ0v) is 12.3. The molecule has 0 heterocycles. The molecule has 1 aliphatic carbocycles. The van der Waals surface area contributed by atoms with Crippen molar-refractivity contribution >= 4 is 5.69 Å². The SMILES string of the molecule is COc1ccc(CN(CCCO)C2CCC2)cc1[N+](=O)[O-]. The van der Waals surface area contributed by atoms with Gasteiger partial charge in [0.2, 0.25) is 0 Å². The fourth-order valence-electron chi connectivity index (χ4n) is 2.63. The molecular weight excluding hydrogens is 272 g/mol. The summed E-state index contributed by atoms with van der Waals surface area (Å²) < 4.78 is 5.02. The molecule has 6 nitrogen and oxygen atoms in total. The summed E-state index contributed by atoms with van der Waals surface area (Å²) in [7, 11) is 1.43. The molecule has 21 heavy (non-hydrogen) atoms. The van der Waals surface area contributed by atoms with Crippen LogP contribution in [0.15, 0.2) is 18.2 Å². The van der Waals surface area contributed by atoms with Gasteiger partial charge < -0.3 is 9.84 Å². The summed E-state index contributed by atoms with van der Waals surface area (Å²) in [6, 6.07) is 5.65. The fraction of sp³-hybridized carbons (Fsp3) is 0.600. The van der Waals surface area contributed by atoms with Crippen LogP contribution >= 0.6 is 0 Å².